The van der Waals surface area contributed by atoms with Gasteiger partial charge in [-0.15, -0.1) is 0 Å². The number of aliphatic carboxylic acids is 1. The number of rotatable bonds is 8. The number of para-hydroxylation sites is 2. The van der Waals surface area contributed by atoms with Crippen LogP contribution in [0.3, 0.4) is 0 Å². The molecule has 1 fully saturated rings. The lowest BCUT2D eigenvalue weighted by Gasteiger charge is -2.49. The van der Waals surface area contributed by atoms with Crippen molar-refractivity contribution in [3.8, 4) is 22.6 Å². The van der Waals surface area contributed by atoms with E-state index >= 15 is 4.39 Å². The Kier molecular flexibility index (Phi) is 6.97. The highest BCUT2D eigenvalue weighted by molar-refractivity contribution is 5.86. The van der Waals surface area contributed by atoms with Crippen LogP contribution in [0, 0.1) is 18.8 Å². The van der Waals surface area contributed by atoms with Crippen molar-refractivity contribution < 1.29 is 33.3 Å². The summed E-state index contributed by atoms with van der Waals surface area (Å²) in [5.41, 5.74) is 2.44. The van der Waals surface area contributed by atoms with Crippen LogP contribution in [0.25, 0.3) is 11.1 Å². The summed E-state index contributed by atoms with van der Waals surface area (Å²) in [4.78, 5) is 26.8. The largest absolute Gasteiger partial charge is 0.496 e. The second-order valence-corrected chi connectivity index (χ2v) is 10.9. The lowest BCUT2D eigenvalue weighted by Crippen LogP contribution is -2.52. The van der Waals surface area contributed by atoms with Crippen LogP contribution >= 0.6 is 0 Å². The van der Waals surface area contributed by atoms with Gasteiger partial charge < -0.3 is 19.3 Å². The number of fused-ring (bicyclic) bond motifs is 3. The number of carbonyl (C=O) groups is 2. The van der Waals surface area contributed by atoms with Gasteiger partial charge in [0.15, 0.2) is 5.67 Å². The molecule has 4 aromatic rings. The first-order valence-corrected chi connectivity index (χ1v) is 13.9. The summed E-state index contributed by atoms with van der Waals surface area (Å²) < 4.78 is 34.1. The zero-order valence-electron chi connectivity index (χ0n) is 23.5. The minimum absolute atomic E-state index is 0.443. The second-order valence-electron chi connectivity index (χ2n) is 10.9. The average Bonchev–Trinajstić information content (AvgIpc) is 3.23. The van der Waals surface area contributed by atoms with Crippen molar-refractivity contribution in [3.63, 3.8) is 0 Å². The predicted molar refractivity (Wildman–Crippen MR) is 156 cm³/mol. The van der Waals surface area contributed by atoms with E-state index in [1.807, 2.05) is 31.2 Å². The fraction of sp³-hybridized carbons (Fsp3) is 0.257. The number of ether oxygens (including phenoxy) is 3. The quantitative estimate of drug-likeness (QED) is 0.241. The molecule has 0 saturated heterocycles. The highest BCUT2D eigenvalue weighted by atomic mass is 19.1. The van der Waals surface area contributed by atoms with Crippen LogP contribution in [-0.4, -0.2) is 37.9 Å². The van der Waals surface area contributed by atoms with Crippen LogP contribution in [0.15, 0.2) is 91.0 Å². The fourth-order valence-corrected chi connectivity index (χ4v) is 6.86. The van der Waals surface area contributed by atoms with Crippen molar-refractivity contribution in [1.29, 1.82) is 0 Å². The van der Waals surface area contributed by atoms with Crippen LogP contribution < -0.4 is 9.47 Å². The Balaban J connectivity index is 1.40. The number of alkyl halides is 1. The molecule has 0 bridgehead atoms. The zero-order chi connectivity index (χ0) is 29.6. The molecule has 0 radical (unpaired) electrons. The molecule has 2 aliphatic carbocycles. The van der Waals surface area contributed by atoms with E-state index in [1.54, 1.807) is 66.7 Å². The summed E-state index contributed by atoms with van der Waals surface area (Å²) in [6, 6.07) is 27.0. The van der Waals surface area contributed by atoms with Gasteiger partial charge in [-0.25, -0.2) is 4.39 Å². The molecule has 3 atom stereocenters. The van der Waals surface area contributed by atoms with E-state index < -0.39 is 47.9 Å². The van der Waals surface area contributed by atoms with Gasteiger partial charge in [-0.05, 0) is 41.3 Å². The monoisotopic (exact) mass is 566 g/mol. The van der Waals surface area contributed by atoms with Gasteiger partial charge >= 0.3 is 11.9 Å². The maximum Gasteiger partial charge on any atom is 0.310 e. The topological polar surface area (TPSA) is 82.1 Å². The van der Waals surface area contributed by atoms with Crippen molar-refractivity contribution in [2.24, 2.45) is 11.8 Å². The molecule has 6 rings (SSSR count). The van der Waals surface area contributed by atoms with Gasteiger partial charge in [0.2, 0.25) is 0 Å². The summed E-state index contributed by atoms with van der Waals surface area (Å²) in [5, 5.41) is 10.4. The molecule has 42 heavy (non-hydrogen) atoms. The first-order chi connectivity index (χ1) is 20.3. The average molecular weight is 567 g/mol. The molecule has 1 unspecified atom stereocenters. The number of carbonyl (C=O) groups excluding carboxylic acids is 1. The lowest BCUT2D eigenvalue weighted by molar-refractivity contribution is -0.166. The van der Waals surface area contributed by atoms with Crippen LogP contribution in [0.2, 0.25) is 0 Å². The van der Waals surface area contributed by atoms with Crippen molar-refractivity contribution >= 4 is 11.9 Å². The lowest BCUT2D eigenvalue weighted by atomic mass is 9.52. The van der Waals surface area contributed by atoms with Crippen LogP contribution in [0.4, 0.5) is 4.39 Å². The highest BCUT2D eigenvalue weighted by Gasteiger charge is 2.61. The molecule has 0 spiro atoms. The van der Waals surface area contributed by atoms with E-state index in [0.29, 0.717) is 33.8 Å². The minimum atomic E-state index is -2.05. The zero-order valence-corrected chi connectivity index (χ0v) is 23.5. The van der Waals surface area contributed by atoms with Gasteiger partial charge in [-0.3, -0.25) is 9.59 Å². The Morgan fingerprint density at radius 3 is 1.90 bits per heavy atom. The number of carboxylic acid groups (broad SMARTS) is 1. The van der Waals surface area contributed by atoms with Gasteiger partial charge in [0.05, 0.1) is 26.1 Å². The van der Waals surface area contributed by atoms with Crippen LogP contribution in [0.5, 0.6) is 11.5 Å². The molecule has 0 amide bonds. The third-order valence-corrected chi connectivity index (χ3v) is 8.76. The van der Waals surface area contributed by atoms with Gasteiger partial charge in [0.1, 0.15) is 18.1 Å². The molecule has 6 nitrogen and oxygen atoms in total. The van der Waals surface area contributed by atoms with Crippen LogP contribution in [-0.2, 0) is 20.0 Å². The molecule has 0 aliphatic heterocycles. The molecule has 0 heterocycles. The number of hydrogen-bond acceptors (Lipinski definition) is 5. The number of halogens is 1. The Labute approximate surface area is 243 Å². The third-order valence-electron chi connectivity index (χ3n) is 8.76. The van der Waals surface area contributed by atoms with E-state index in [1.165, 1.54) is 14.2 Å². The fourth-order valence-electron chi connectivity index (χ4n) is 6.86. The summed E-state index contributed by atoms with van der Waals surface area (Å²) in [7, 11) is 3.00. The van der Waals surface area contributed by atoms with Gasteiger partial charge in [-0.1, -0.05) is 84.4 Å². The van der Waals surface area contributed by atoms with E-state index in [-0.39, 0.29) is 0 Å². The molecule has 7 heteroatoms. The van der Waals surface area contributed by atoms with Crippen molar-refractivity contribution in [3.05, 3.63) is 119 Å². The minimum Gasteiger partial charge on any atom is -0.496 e. The third kappa shape index (κ3) is 4.23. The SMILES string of the molecule is COc1ccccc1[C@H]1C(C(=O)O)[C@H](c2ccccc2OC)C1C(=O)OCC1(F)c2ccccc2-c2ccc(C)cc21. The summed E-state index contributed by atoms with van der Waals surface area (Å²) in [5.74, 6) is -4.19. The second kappa shape index (κ2) is 10.6. The molecule has 4 aromatic carbocycles. The van der Waals surface area contributed by atoms with E-state index in [2.05, 4.69) is 0 Å². The number of esters is 1. The summed E-state index contributed by atoms with van der Waals surface area (Å²) >= 11 is 0. The number of benzene rings is 4. The number of aryl methyl sites for hydroxylation is 1. The molecule has 2 aliphatic rings. The molecular formula is C35H31FO6. The molecule has 1 N–H and O–H groups in total. The normalized spacial score (nSPS) is 23.7. The van der Waals surface area contributed by atoms with Crippen molar-refractivity contribution in [2.45, 2.75) is 24.4 Å². The van der Waals surface area contributed by atoms with E-state index in [4.69, 9.17) is 14.2 Å². The smallest absolute Gasteiger partial charge is 0.310 e. The van der Waals surface area contributed by atoms with E-state index in [0.717, 1.165) is 16.7 Å². The standard InChI is InChI=1S/C35H31FO6/c1-20-16-17-22-21-10-4-7-13-25(21)35(36,26(22)18-20)19-42-34(39)32-29(23-11-5-8-14-27(23)40-2)31(33(37)38)30(32)24-12-6-9-15-28(24)41-3/h4-18,29-32H,19H2,1-3H3,(H,37,38)/t29-,30-,31?,32?,35?/m0/s1. The number of carboxylic acids is 1. The Morgan fingerprint density at radius 1 is 0.762 bits per heavy atom. The molecule has 0 aromatic heterocycles. The Morgan fingerprint density at radius 2 is 1.31 bits per heavy atom. The molecular weight excluding hydrogens is 535 g/mol. The Hall–Kier alpha value is -4.65. The van der Waals surface area contributed by atoms with Crippen molar-refractivity contribution in [2.75, 3.05) is 20.8 Å². The van der Waals surface area contributed by atoms with Crippen LogP contribution in [0.1, 0.15) is 39.7 Å². The first-order valence-electron chi connectivity index (χ1n) is 13.9. The number of methoxy groups -OCH3 is 2. The Bertz CT molecular complexity index is 1630. The predicted octanol–water partition coefficient (Wildman–Crippen LogP) is 6.65. The number of hydrogen-bond donors (Lipinski definition) is 1. The van der Waals surface area contributed by atoms with Gasteiger partial charge in [0, 0.05) is 23.0 Å². The summed E-state index contributed by atoms with van der Waals surface area (Å²) in [6.07, 6.45) is 0. The van der Waals surface area contributed by atoms with Crippen molar-refractivity contribution in [1.82, 2.24) is 0 Å². The maximum absolute atomic E-state index is 17.1. The summed E-state index contributed by atoms with van der Waals surface area (Å²) in [6.45, 7) is 1.36. The van der Waals surface area contributed by atoms with E-state index in [9.17, 15) is 14.7 Å². The van der Waals surface area contributed by atoms with Gasteiger partial charge in [0.25, 0.3) is 0 Å². The first kappa shape index (κ1) is 27.5. The molecule has 1 saturated carbocycles. The highest BCUT2D eigenvalue weighted by Crippen LogP contribution is 2.61. The maximum atomic E-state index is 17.1. The molecule has 214 valence electrons. The van der Waals surface area contributed by atoms with Gasteiger partial charge in [-0.2, -0.15) is 0 Å².